The van der Waals surface area contributed by atoms with Crippen molar-refractivity contribution in [2.75, 3.05) is 20.8 Å². The summed E-state index contributed by atoms with van der Waals surface area (Å²) < 4.78 is 40.5. The summed E-state index contributed by atoms with van der Waals surface area (Å²) in [7, 11) is -0.473. The van der Waals surface area contributed by atoms with Crippen molar-refractivity contribution in [3.05, 3.63) is 89.0 Å². The third-order valence-corrected chi connectivity index (χ3v) is 8.74. The topological polar surface area (TPSA) is 55.8 Å². The first-order valence-corrected chi connectivity index (χ1v) is 13.6. The van der Waals surface area contributed by atoms with Crippen LogP contribution < -0.4 is 9.47 Å². The number of sulfonamides is 1. The van der Waals surface area contributed by atoms with E-state index in [4.69, 9.17) is 9.47 Å². The van der Waals surface area contributed by atoms with Gasteiger partial charge in [0.25, 0.3) is 0 Å². The van der Waals surface area contributed by atoms with Crippen LogP contribution in [0.5, 0.6) is 11.5 Å². The molecule has 35 heavy (non-hydrogen) atoms. The molecule has 0 N–H and O–H groups in total. The van der Waals surface area contributed by atoms with Gasteiger partial charge in [0.2, 0.25) is 10.0 Å². The molecule has 2 atom stereocenters. The number of nitrogens with zero attached hydrogens (tertiary/aromatic N) is 1. The average Bonchev–Trinajstić information content (AvgIpc) is 2.87. The lowest BCUT2D eigenvalue weighted by Crippen LogP contribution is -2.42. The lowest BCUT2D eigenvalue weighted by atomic mass is 9.83. The number of rotatable bonds is 8. The van der Waals surface area contributed by atoms with E-state index >= 15 is 0 Å². The Kier molecular flexibility index (Phi) is 7.53. The zero-order valence-electron chi connectivity index (χ0n) is 21.2. The third kappa shape index (κ3) is 5.09. The van der Waals surface area contributed by atoms with Gasteiger partial charge >= 0.3 is 0 Å². The van der Waals surface area contributed by atoms with Crippen LogP contribution in [-0.2, 0) is 22.9 Å². The molecule has 186 valence electrons. The Labute approximate surface area is 209 Å². The second-order valence-electron chi connectivity index (χ2n) is 9.66. The first-order valence-electron chi connectivity index (χ1n) is 12.2. The van der Waals surface area contributed by atoms with Gasteiger partial charge in [0.15, 0.2) is 11.5 Å². The van der Waals surface area contributed by atoms with Crippen molar-refractivity contribution in [2.24, 2.45) is 5.92 Å². The predicted octanol–water partition coefficient (Wildman–Crippen LogP) is 5.99. The van der Waals surface area contributed by atoms with E-state index in [2.05, 4.69) is 45.0 Å². The third-order valence-electron chi connectivity index (χ3n) is 6.85. The predicted molar refractivity (Wildman–Crippen MR) is 140 cm³/mol. The van der Waals surface area contributed by atoms with Crippen LogP contribution in [0.25, 0.3) is 0 Å². The molecule has 0 amide bonds. The smallest absolute Gasteiger partial charge is 0.243 e. The summed E-state index contributed by atoms with van der Waals surface area (Å²) in [5, 5.41) is 0. The number of methoxy groups -OCH3 is 2. The van der Waals surface area contributed by atoms with Crippen molar-refractivity contribution in [3.8, 4) is 11.5 Å². The summed E-state index contributed by atoms with van der Waals surface area (Å²) in [6.07, 6.45) is 1.63. The molecular weight excluding hydrogens is 458 g/mol. The summed E-state index contributed by atoms with van der Waals surface area (Å²) in [6.45, 7) is 6.94. The first kappa shape index (κ1) is 25.3. The molecule has 4 rings (SSSR count). The Morgan fingerprint density at radius 3 is 2.14 bits per heavy atom. The van der Waals surface area contributed by atoms with E-state index in [1.807, 2.05) is 18.2 Å². The Bertz CT molecular complexity index is 1250. The number of benzene rings is 3. The molecule has 3 aromatic rings. The van der Waals surface area contributed by atoms with Gasteiger partial charge in [-0.2, -0.15) is 4.31 Å². The number of hydrogen-bond donors (Lipinski definition) is 0. The lowest BCUT2D eigenvalue weighted by Gasteiger charge is -2.40. The zero-order valence-corrected chi connectivity index (χ0v) is 22.0. The van der Waals surface area contributed by atoms with Gasteiger partial charge in [-0.05, 0) is 65.3 Å². The molecular formula is C29H35NO4S. The highest BCUT2D eigenvalue weighted by Gasteiger charge is 2.40. The van der Waals surface area contributed by atoms with E-state index < -0.39 is 10.0 Å². The monoisotopic (exact) mass is 493 g/mol. The van der Waals surface area contributed by atoms with Crippen LogP contribution in [-0.4, -0.2) is 33.5 Å². The molecule has 0 spiro atoms. The van der Waals surface area contributed by atoms with Crippen molar-refractivity contribution in [1.82, 2.24) is 4.31 Å². The molecule has 1 aliphatic rings. The van der Waals surface area contributed by atoms with Crippen LogP contribution in [0.1, 0.15) is 55.0 Å². The molecule has 1 heterocycles. The fraction of sp³-hybridized carbons (Fsp3) is 0.379. The Hall–Kier alpha value is -2.83. The quantitative estimate of drug-likeness (QED) is 0.387. The molecule has 0 aromatic heterocycles. The molecule has 0 fully saturated rings. The second kappa shape index (κ2) is 10.4. The highest BCUT2D eigenvalue weighted by atomic mass is 32.2. The standard InChI is InChI=1S/C29H35NO4S/c1-20(2)17-22-11-13-23(14-12-22)21(3)29-26-19-28(34-5)27(33-4)18-24(26)15-16-30(29)35(31,32)25-9-7-6-8-10-25/h6-14,18-21,29H,15-17H2,1-5H3. The average molecular weight is 494 g/mol. The fourth-order valence-electron chi connectivity index (χ4n) is 5.08. The Morgan fingerprint density at radius 1 is 0.914 bits per heavy atom. The van der Waals surface area contributed by atoms with Gasteiger partial charge in [-0.1, -0.05) is 63.2 Å². The highest BCUT2D eigenvalue weighted by Crippen LogP contribution is 2.46. The van der Waals surface area contributed by atoms with Gasteiger partial charge in [-0.25, -0.2) is 8.42 Å². The summed E-state index contributed by atoms with van der Waals surface area (Å²) in [4.78, 5) is 0.313. The van der Waals surface area contributed by atoms with Crippen LogP contribution in [0.4, 0.5) is 0 Å². The summed E-state index contributed by atoms with van der Waals surface area (Å²) in [5.41, 5.74) is 4.46. The summed E-state index contributed by atoms with van der Waals surface area (Å²) >= 11 is 0. The molecule has 0 saturated heterocycles. The van der Waals surface area contributed by atoms with Crippen LogP contribution in [0, 0.1) is 5.92 Å². The first-order chi connectivity index (χ1) is 16.8. The van der Waals surface area contributed by atoms with E-state index in [0.29, 0.717) is 35.3 Å². The van der Waals surface area contributed by atoms with Crippen LogP contribution in [0.15, 0.2) is 71.6 Å². The Balaban J connectivity index is 1.82. The van der Waals surface area contributed by atoms with E-state index in [9.17, 15) is 8.42 Å². The highest BCUT2D eigenvalue weighted by molar-refractivity contribution is 7.89. The molecule has 3 aromatic carbocycles. The van der Waals surface area contributed by atoms with Gasteiger partial charge in [-0.3, -0.25) is 0 Å². The molecule has 6 heteroatoms. The maximum Gasteiger partial charge on any atom is 0.243 e. The SMILES string of the molecule is COc1cc2c(cc1OC)C(C(C)c1ccc(CC(C)C)cc1)N(S(=O)(=O)c1ccccc1)CC2. The van der Waals surface area contributed by atoms with Crippen molar-refractivity contribution >= 4 is 10.0 Å². The summed E-state index contributed by atoms with van der Waals surface area (Å²) in [5.74, 6) is 1.78. The largest absolute Gasteiger partial charge is 0.493 e. The maximum atomic E-state index is 13.9. The van der Waals surface area contributed by atoms with Gasteiger partial charge in [-0.15, -0.1) is 0 Å². The molecule has 0 bridgehead atoms. The van der Waals surface area contributed by atoms with Gasteiger partial charge in [0.05, 0.1) is 25.2 Å². The van der Waals surface area contributed by atoms with E-state index in [0.717, 1.165) is 23.1 Å². The molecule has 0 aliphatic carbocycles. The Morgan fingerprint density at radius 2 is 1.54 bits per heavy atom. The van der Waals surface area contributed by atoms with Gasteiger partial charge in [0, 0.05) is 12.5 Å². The fourth-order valence-corrected chi connectivity index (χ4v) is 6.78. The van der Waals surface area contributed by atoms with Crippen LogP contribution in [0.2, 0.25) is 0 Å². The molecule has 0 radical (unpaired) electrons. The lowest BCUT2D eigenvalue weighted by molar-refractivity contribution is 0.273. The maximum absolute atomic E-state index is 13.9. The zero-order chi connectivity index (χ0) is 25.2. The van der Waals surface area contributed by atoms with Gasteiger partial charge in [0.1, 0.15) is 0 Å². The minimum Gasteiger partial charge on any atom is -0.493 e. The van der Waals surface area contributed by atoms with E-state index in [1.54, 1.807) is 42.8 Å². The van der Waals surface area contributed by atoms with Crippen molar-refractivity contribution < 1.29 is 17.9 Å². The molecule has 1 aliphatic heterocycles. The minimum absolute atomic E-state index is 0.0706. The van der Waals surface area contributed by atoms with Gasteiger partial charge < -0.3 is 9.47 Å². The minimum atomic E-state index is -3.70. The van der Waals surface area contributed by atoms with E-state index in [-0.39, 0.29) is 12.0 Å². The van der Waals surface area contributed by atoms with Crippen molar-refractivity contribution in [3.63, 3.8) is 0 Å². The van der Waals surface area contributed by atoms with Crippen LogP contribution in [0.3, 0.4) is 0 Å². The number of fused-ring (bicyclic) bond motifs is 1. The normalized spacial score (nSPS) is 17.1. The number of hydrogen-bond acceptors (Lipinski definition) is 4. The summed E-state index contributed by atoms with van der Waals surface area (Å²) in [6, 6.07) is 20.9. The molecule has 5 nitrogen and oxygen atoms in total. The number of ether oxygens (including phenoxy) is 2. The van der Waals surface area contributed by atoms with Crippen molar-refractivity contribution in [2.45, 2.75) is 50.5 Å². The van der Waals surface area contributed by atoms with Crippen molar-refractivity contribution in [1.29, 1.82) is 0 Å². The molecule has 2 unspecified atom stereocenters. The second-order valence-corrected chi connectivity index (χ2v) is 11.5. The van der Waals surface area contributed by atoms with Crippen LogP contribution >= 0.6 is 0 Å². The molecule has 0 saturated carbocycles. The van der Waals surface area contributed by atoms with E-state index in [1.165, 1.54) is 5.56 Å².